The summed E-state index contributed by atoms with van der Waals surface area (Å²) in [5, 5.41) is 6.27. The Morgan fingerprint density at radius 3 is 2.83 bits per heavy atom. The third kappa shape index (κ3) is 3.99. The monoisotopic (exact) mass is 417 g/mol. The van der Waals surface area contributed by atoms with E-state index < -0.39 is 0 Å². The summed E-state index contributed by atoms with van der Waals surface area (Å²) in [6.45, 7) is 2.89. The van der Waals surface area contributed by atoms with Gasteiger partial charge in [0.15, 0.2) is 0 Å². The van der Waals surface area contributed by atoms with E-state index in [0.29, 0.717) is 18.8 Å². The van der Waals surface area contributed by atoms with Crippen LogP contribution in [0.4, 0.5) is 0 Å². The van der Waals surface area contributed by atoms with Crippen molar-refractivity contribution in [2.24, 2.45) is 0 Å². The smallest absolute Gasteiger partial charge is 0.273 e. The molecule has 30 heavy (non-hydrogen) atoms. The van der Waals surface area contributed by atoms with E-state index in [9.17, 15) is 4.79 Å². The van der Waals surface area contributed by atoms with Gasteiger partial charge in [0.1, 0.15) is 11.5 Å². The molecule has 0 bridgehead atoms. The first-order chi connectivity index (χ1) is 14.8. The largest absolute Gasteiger partial charge is 0.341 e. The highest BCUT2D eigenvalue weighted by Gasteiger charge is 2.23. The van der Waals surface area contributed by atoms with Crippen LogP contribution in [0.1, 0.15) is 32.4 Å². The van der Waals surface area contributed by atoms with Crippen LogP contribution in [0.25, 0.3) is 11.0 Å². The van der Waals surface area contributed by atoms with E-state index in [4.69, 9.17) is 0 Å². The van der Waals surface area contributed by atoms with Crippen molar-refractivity contribution in [2.45, 2.75) is 25.9 Å². The number of amides is 1. The van der Waals surface area contributed by atoms with Gasteiger partial charge in [0.25, 0.3) is 5.91 Å². The Bertz CT molecular complexity index is 1150. The number of rotatable bonds is 6. The molecule has 0 saturated heterocycles. The molecule has 0 saturated carbocycles. The first-order valence-electron chi connectivity index (χ1n) is 10.2. The number of para-hydroxylation sites is 2. The Balaban J connectivity index is 1.13. The van der Waals surface area contributed by atoms with E-state index in [1.54, 1.807) is 11.3 Å². The fourth-order valence-corrected chi connectivity index (χ4v) is 4.62. The highest BCUT2D eigenvalue weighted by atomic mass is 32.1. The van der Waals surface area contributed by atoms with Crippen LogP contribution in [-0.4, -0.2) is 38.8 Å². The van der Waals surface area contributed by atoms with Gasteiger partial charge in [0, 0.05) is 31.4 Å². The molecule has 5 rings (SSSR count). The SMILES string of the molecule is O=C(c1csc(CCNCc2nc3ccccc3[nH]2)n1)N1CCc2ccccc2C1. The zero-order valence-electron chi connectivity index (χ0n) is 16.6. The highest BCUT2D eigenvalue weighted by Crippen LogP contribution is 2.21. The number of aromatic nitrogens is 3. The topological polar surface area (TPSA) is 73.9 Å². The van der Waals surface area contributed by atoms with Crippen molar-refractivity contribution in [3.63, 3.8) is 0 Å². The molecular weight excluding hydrogens is 394 g/mol. The molecule has 1 aliphatic rings. The van der Waals surface area contributed by atoms with Crippen LogP contribution in [0.5, 0.6) is 0 Å². The second-order valence-electron chi connectivity index (χ2n) is 7.50. The first-order valence-corrected chi connectivity index (χ1v) is 11.1. The van der Waals surface area contributed by atoms with Gasteiger partial charge in [0.05, 0.1) is 22.6 Å². The number of hydrogen-bond donors (Lipinski definition) is 2. The molecule has 0 atom stereocenters. The number of fused-ring (bicyclic) bond motifs is 2. The maximum atomic E-state index is 12.9. The Kier molecular flexibility index (Phi) is 5.29. The molecule has 3 heterocycles. The summed E-state index contributed by atoms with van der Waals surface area (Å²) in [7, 11) is 0. The number of hydrogen-bond acceptors (Lipinski definition) is 5. The summed E-state index contributed by atoms with van der Waals surface area (Å²) in [5.74, 6) is 0.957. The summed E-state index contributed by atoms with van der Waals surface area (Å²) < 4.78 is 0. The second kappa shape index (κ2) is 8.38. The molecule has 0 radical (unpaired) electrons. The Morgan fingerprint density at radius 2 is 1.93 bits per heavy atom. The van der Waals surface area contributed by atoms with Crippen LogP contribution in [0.3, 0.4) is 0 Å². The molecule has 1 aliphatic heterocycles. The number of nitrogens with one attached hydrogen (secondary N) is 2. The van der Waals surface area contributed by atoms with E-state index in [1.807, 2.05) is 40.6 Å². The van der Waals surface area contributed by atoms with Crippen LogP contribution < -0.4 is 5.32 Å². The maximum absolute atomic E-state index is 12.9. The Morgan fingerprint density at radius 1 is 1.10 bits per heavy atom. The minimum Gasteiger partial charge on any atom is -0.341 e. The minimum absolute atomic E-state index is 0.0298. The van der Waals surface area contributed by atoms with E-state index in [0.717, 1.165) is 47.8 Å². The molecule has 0 spiro atoms. The third-order valence-electron chi connectivity index (χ3n) is 5.44. The summed E-state index contributed by atoms with van der Waals surface area (Å²) in [5.41, 5.74) is 5.18. The molecule has 4 aromatic rings. The number of carbonyl (C=O) groups excluding carboxylic acids is 1. The number of H-pyrrole nitrogens is 1. The number of benzene rings is 2. The molecule has 0 aliphatic carbocycles. The molecule has 2 N–H and O–H groups in total. The fourth-order valence-electron chi connectivity index (χ4n) is 3.85. The van der Waals surface area contributed by atoms with Gasteiger partial charge < -0.3 is 15.2 Å². The molecule has 0 fully saturated rings. The van der Waals surface area contributed by atoms with Gasteiger partial charge in [0.2, 0.25) is 0 Å². The maximum Gasteiger partial charge on any atom is 0.273 e. The zero-order valence-corrected chi connectivity index (χ0v) is 17.4. The van der Waals surface area contributed by atoms with Crippen molar-refractivity contribution in [3.8, 4) is 0 Å². The van der Waals surface area contributed by atoms with Gasteiger partial charge in [-0.05, 0) is 29.7 Å². The Labute approximate surface area is 179 Å². The van der Waals surface area contributed by atoms with E-state index >= 15 is 0 Å². The molecule has 0 unspecified atom stereocenters. The Hall–Kier alpha value is -3.03. The van der Waals surface area contributed by atoms with E-state index in [1.165, 1.54) is 11.1 Å². The lowest BCUT2D eigenvalue weighted by Crippen LogP contribution is -2.36. The standard InChI is InChI=1S/C23H23N5OS/c29-23(28-12-10-16-5-1-2-6-17(16)14-28)20-15-30-22(27-20)9-11-24-13-21-25-18-7-3-4-8-19(18)26-21/h1-8,15,24H,9-14H2,(H,25,26). The lowest BCUT2D eigenvalue weighted by atomic mass is 10.00. The van der Waals surface area contributed by atoms with Crippen molar-refractivity contribution < 1.29 is 4.79 Å². The zero-order chi connectivity index (χ0) is 20.3. The number of aromatic amines is 1. The van der Waals surface area contributed by atoms with Gasteiger partial charge in [-0.1, -0.05) is 36.4 Å². The number of nitrogens with zero attached hydrogens (tertiary/aromatic N) is 3. The molecule has 7 heteroatoms. The minimum atomic E-state index is 0.0298. The van der Waals surface area contributed by atoms with Gasteiger partial charge in [-0.15, -0.1) is 11.3 Å². The number of thiazole rings is 1. The average molecular weight is 418 g/mol. The quantitative estimate of drug-likeness (QED) is 0.471. The number of imidazole rings is 1. The van der Waals surface area contributed by atoms with Crippen LogP contribution >= 0.6 is 11.3 Å². The van der Waals surface area contributed by atoms with Crippen LogP contribution in [0, 0.1) is 0 Å². The van der Waals surface area contributed by atoms with Gasteiger partial charge in [-0.2, -0.15) is 0 Å². The summed E-state index contributed by atoms with van der Waals surface area (Å²) in [4.78, 5) is 27.2. The van der Waals surface area contributed by atoms with Gasteiger partial charge >= 0.3 is 0 Å². The molecule has 6 nitrogen and oxygen atoms in total. The highest BCUT2D eigenvalue weighted by molar-refractivity contribution is 7.09. The van der Waals surface area contributed by atoms with E-state index in [-0.39, 0.29) is 5.91 Å². The normalized spacial score (nSPS) is 13.5. The second-order valence-corrected chi connectivity index (χ2v) is 8.44. The predicted molar refractivity (Wildman–Crippen MR) is 119 cm³/mol. The lowest BCUT2D eigenvalue weighted by Gasteiger charge is -2.28. The molecule has 152 valence electrons. The third-order valence-corrected chi connectivity index (χ3v) is 6.34. The lowest BCUT2D eigenvalue weighted by molar-refractivity contribution is 0.0729. The average Bonchev–Trinajstić information content (AvgIpc) is 3.42. The summed E-state index contributed by atoms with van der Waals surface area (Å²) in [6.07, 6.45) is 1.70. The van der Waals surface area contributed by atoms with Crippen molar-refractivity contribution in [1.29, 1.82) is 0 Å². The molecule has 2 aromatic heterocycles. The predicted octanol–water partition coefficient (Wildman–Crippen LogP) is 3.55. The van der Waals surface area contributed by atoms with Crippen LogP contribution in [-0.2, 0) is 25.9 Å². The van der Waals surface area contributed by atoms with Gasteiger partial charge in [-0.25, -0.2) is 9.97 Å². The van der Waals surface area contributed by atoms with Crippen molar-refractivity contribution >= 4 is 28.3 Å². The summed E-state index contributed by atoms with van der Waals surface area (Å²) in [6, 6.07) is 16.4. The van der Waals surface area contributed by atoms with E-state index in [2.05, 4.69) is 38.5 Å². The molecule has 1 amide bonds. The molecule has 2 aromatic carbocycles. The van der Waals surface area contributed by atoms with Crippen molar-refractivity contribution in [1.82, 2.24) is 25.2 Å². The van der Waals surface area contributed by atoms with Gasteiger partial charge in [-0.3, -0.25) is 4.79 Å². The first kappa shape index (κ1) is 19.0. The van der Waals surface area contributed by atoms with Crippen LogP contribution in [0.15, 0.2) is 53.9 Å². The van der Waals surface area contributed by atoms with Crippen LogP contribution in [0.2, 0.25) is 0 Å². The fraction of sp³-hybridized carbons (Fsp3) is 0.261. The van der Waals surface area contributed by atoms with Crippen molar-refractivity contribution in [3.05, 3.63) is 81.6 Å². The van der Waals surface area contributed by atoms with Crippen molar-refractivity contribution in [2.75, 3.05) is 13.1 Å². The summed E-state index contributed by atoms with van der Waals surface area (Å²) >= 11 is 1.56. The molecular formula is C23H23N5OS. The number of carbonyl (C=O) groups is 1.